The molecule has 9 nitrogen and oxygen atoms in total. The first-order valence-corrected chi connectivity index (χ1v) is 22.1. The third kappa shape index (κ3) is 27.9. The summed E-state index contributed by atoms with van der Waals surface area (Å²) >= 11 is 0. The SMILES string of the molecule is CCCCC/C=C\C/C=C\C/C=C\CCCCCCCCCOCC(COC1OC(CO)C(O)C(O)C1O)OC(=O)CCCCCCCCCCCCC. The van der Waals surface area contributed by atoms with Crippen molar-refractivity contribution in [1.82, 2.24) is 0 Å². The number of esters is 1. The first kappa shape index (κ1) is 50.4. The van der Waals surface area contributed by atoms with E-state index in [-0.39, 0.29) is 19.2 Å². The molecule has 0 aromatic heterocycles. The molecule has 0 saturated carbocycles. The highest BCUT2D eigenvalue weighted by Gasteiger charge is 2.44. The average Bonchev–Trinajstić information content (AvgIpc) is 3.17. The van der Waals surface area contributed by atoms with E-state index >= 15 is 0 Å². The van der Waals surface area contributed by atoms with E-state index in [4.69, 9.17) is 18.9 Å². The van der Waals surface area contributed by atoms with E-state index in [1.54, 1.807) is 0 Å². The van der Waals surface area contributed by atoms with Crippen molar-refractivity contribution in [2.24, 2.45) is 0 Å². The van der Waals surface area contributed by atoms with E-state index in [1.165, 1.54) is 103 Å². The van der Waals surface area contributed by atoms with Gasteiger partial charge < -0.3 is 39.4 Å². The number of carbonyl (C=O) groups is 1. The molecule has 1 saturated heterocycles. The fraction of sp³-hybridized carbons (Fsp3) is 0.844. The Kier molecular flexibility index (Phi) is 34.6. The van der Waals surface area contributed by atoms with Crippen LogP contribution < -0.4 is 0 Å². The predicted molar refractivity (Wildman–Crippen MR) is 219 cm³/mol. The summed E-state index contributed by atoms with van der Waals surface area (Å²) in [5.74, 6) is -0.319. The van der Waals surface area contributed by atoms with Gasteiger partial charge >= 0.3 is 5.97 Å². The summed E-state index contributed by atoms with van der Waals surface area (Å²) in [6, 6.07) is 0. The largest absolute Gasteiger partial charge is 0.457 e. The molecule has 0 aliphatic carbocycles. The lowest BCUT2D eigenvalue weighted by molar-refractivity contribution is -0.305. The first-order chi connectivity index (χ1) is 26.4. The molecule has 0 bridgehead atoms. The Morgan fingerprint density at radius 2 is 1.07 bits per heavy atom. The Morgan fingerprint density at radius 3 is 1.65 bits per heavy atom. The van der Waals surface area contributed by atoms with Crippen molar-refractivity contribution in [3.63, 3.8) is 0 Å². The summed E-state index contributed by atoms with van der Waals surface area (Å²) in [4.78, 5) is 12.7. The van der Waals surface area contributed by atoms with Gasteiger partial charge in [0.15, 0.2) is 6.29 Å². The first-order valence-electron chi connectivity index (χ1n) is 22.1. The standard InChI is InChI=1S/C45H82O9/c1-3-5-7-9-11-13-15-16-17-18-19-20-21-22-23-25-27-29-31-33-35-51-37-39(38-52-45-44(50)43(49)42(48)40(36-46)54-45)53-41(47)34-32-30-28-26-24-14-12-10-8-6-4-2/h11,13,16-17,19-20,39-40,42-46,48-50H,3-10,12,14-15,18,21-38H2,1-2H3/b13-11-,17-16-,20-19-. The molecule has 6 atom stereocenters. The van der Waals surface area contributed by atoms with Crippen molar-refractivity contribution in [3.05, 3.63) is 36.5 Å². The zero-order chi connectivity index (χ0) is 39.3. The summed E-state index contributed by atoms with van der Waals surface area (Å²) in [7, 11) is 0. The molecule has 4 N–H and O–H groups in total. The Morgan fingerprint density at radius 1 is 0.593 bits per heavy atom. The van der Waals surface area contributed by atoms with Crippen LogP contribution in [0.25, 0.3) is 0 Å². The van der Waals surface area contributed by atoms with E-state index < -0.39 is 43.4 Å². The summed E-state index contributed by atoms with van der Waals surface area (Å²) < 4.78 is 22.8. The van der Waals surface area contributed by atoms with Crippen molar-refractivity contribution in [3.8, 4) is 0 Å². The maximum absolute atomic E-state index is 12.7. The molecule has 1 fully saturated rings. The number of unbranched alkanes of at least 4 members (excludes halogenated alkanes) is 20. The molecule has 1 aliphatic rings. The van der Waals surface area contributed by atoms with Crippen molar-refractivity contribution < 1.29 is 44.2 Å². The number of aliphatic hydroxyl groups excluding tert-OH is 4. The highest BCUT2D eigenvalue weighted by molar-refractivity contribution is 5.69. The zero-order valence-corrected chi connectivity index (χ0v) is 34.5. The second kappa shape index (κ2) is 37.0. The van der Waals surface area contributed by atoms with Crippen LogP contribution in [0.5, 0.6) is 0 Å². The van der Waals surface area contributed by atoms with Gasteiger partial charge in [-0.15, -0.1) is 0 Å². The molecule has 0 spiro atoms. The van der Waals surface area contributed by atoms with Gasteiger partial charge in [0.1, 0.15) is 30.5 Å². The van der Waals surface area contributed by atoms with Crippen LogP contribution in [0.3, 0.4) is 0 Å². The number of carbonyl (C=O) groups excluding carboxylic acids is 1. The van der Waals surface area contributed by atoms with Crippen LogP contribution in [0.2, 0.25) is 0 Å². The molecule has 0 amide bonds. The summed E-state index contributed by atoms with van der Waals surface area (Å²) in [6.45, 7) is 4.50. The van der Waals surface area contributed by atoms with Gasteiger partial charge in [0.25, 0.3) is 0 Å². The van der Waals surface area contributed by atoms with Crippen LogP contribution in [0, 0.1) is 0 Å². The van der Waals surface area contributed by atoms with Crippen LogP contribution in [-0.2, 0) is 23.7 Å². The van der Waals surface area contributed by atoms with Gasteiger partial charge in [0, 0.05) is 13.0 Å². The Hall–Kier alpha value is -1.59. The van der Waals surface area contributed by atoms with E-state index in [9.17, 15) is 25.2 Å². The third-order valence-electron chi connectivity index (χ3n) is 10.1. The smallest absolute Gasteiger partial charge is 0.306 e. The molecule has 1 rings (SSSR count). The van der Waals surface area contributed by atoms with Gasteiger partial charge in [-0.3, -0.25) is 4.79 Å². The molecular formula is C45H82O9. The highest BCUT2D eigenvalue weighted by atomic mass is 16.7. The second-order valence-electron chi connectivity index (χ2n) is 15.1. The predicted octanol–water partition coefficient (Wildman–Crippen LogP) is 9.58. The fourth-order valence-corrected chi connectivity index (χ4v) is 6.56. The number of rotatable bonds is 37. The summed E-state index contributed by atoms with van der Waals surface area (Å²) in [5, 5.41) is 40.0. The zero-order valence-electron chi connectivity index (χ0n) is 34.5. The minimum Gasteiger partial charge on any atom is -0.457 e. The normalized spacial score (nSPS) is 21.2. The quantitative estimate of drug-likeness (QED) is 0.0277. The molecule has 1 aliphatic heterocycles. The van der Waals surface area contributed by atoms with Crippen molar-refractivity contribution in [2.75, 3.05) is 26.4 Å². The molecule has 1 heterocycles. The van der Waals surface area contributed by atoms with E-state index in [0.29, 0.717) is 13.0 Å². The third-order valence-corrected chi connectivity index (χ3v) is 10.1. The number of ether oxygens (including phenoxy) is 4. The minimum absolute atomic E-state index is 0.116. The second-order valence-corrected chi connectivity index (χ2v) is 15.1. The highest BCUT2D eigenvalue weighted by Crippen LogP contribution is 2.22. The van der Waals surface area contributed by atoms with Crippen molar-refractivity contribution >= 4 is 5.97 Å². The summed E-state index contributed by atoms with van der Waals surface area (Å²) in [5.41, 5.74) is 0. The van der Waals surface area contributed by atoms with Crippen molar-refractivity contribution in [1.29, 1.82) is 0 Å². The van der Waals surface area contributed by atoms with Gasteiger partial charge in [-0.25, -0.2) is 0 Å². The van der Waals surface area contributed by atoms with Gasteiger partial charge in [-0.05, 0) is 51.4 Å². The molecule has 0 radical (unpaired) electrons. The molecule has 0 aromatic carbocycles. The molecular weight excluding hydrogens is 684 g/mol. The molecule has 0 aromatic rings. The van der Waals surface area contributed by atoms with Crippen LogP contribution >= 0.6 is 0 Å². The molecule has 316 valence electrons. The number of allylic oxidation sites excluding steroid dienone is 6. The van der Waals surface area contributed by atoms with E-state index in [1.807, 2.05) is 0 Å². The molecule has 6 unspecified atom stereocenters. The topological polar surface area (TPSA) is 135 Å². The summed E-state index contributed by atoms with van der Waals surface area (Å²) in [6.07, 6.45) is 36.0. The molecule has 9 heteroatoms. The van der Waals surface area contributed by atoms with Gasteiger partial charge in [-0.1, -0.05) is 159 Å². The molecule has 54 heavy (non-hydrogen) atoms. The van der Waals surface area contributed by atoms with E-state index in [0.717, 1.165) is 57.8 Å². The minimum atomic E-state index is -1.54. The van der Waals surface area contributed by atoms with Crippen LogP contribution in [0.4, 0.5) is 0 Å². The Balaban J connectivity index is 2.25. The van der Waals surface area contributed by atoms with Gasteiger partial charge in [0.05, 0.1) is 19.8 Å². The Labute approximate surface area is 330 Å². The monoisotopic (exact) mass is 767 g/mol. The van der Waals surface area contributed by atoms with Gasteiger partial charge in [0.2, 0.25) is 0 Å². The van der Waals surface area contributed by atoms with Crippen LogP contribution in [0.1, 0.15) is 181 Å². The Bertz CT molecular complexity index is 921. The van der Waals surface area contributed by atoms with Crippen LogP contribution in [-0.4, -0.2) is 89.6 Å². The average molecular weight is 767 g/mol. The number of hydrogen-bond donors (Lipinski definition) is 4. The number of hydrogen-bond acceptors (Lipinski definition) is 9. The van der Waals surface area contributed by atoms with E-state index in [2.05, 4.69) is 50.3 Å². The van der Waals surface area contributed by atoms with Crippen LogP contribution in [0.15, 0.2) is 36.5 Å². The van der Waals surface area contributed by atoms with Gasteiger partial charge in [-0.2, -0.15) is 0 Å². The van der Waals surface area contributed by atoms with Crippen molar-refractivity contribution in [2.45, 2.75) is 218 Å². The fourth-order valence-electron chi connectivity index (χ4n) is 6.56. The maximum atomic E-state index is 12.7. The number of aliphatic hydroxyl groups is 4. The lowest BCUT2D eigenvalue weighted by atomic mass is 9.99. The lowest BCUT2D eigenvalue weighted by Crippen LogP contribution is -2.59. The lowest BCUT2D eigenvalue weighted by Gasteiger charge is -2.39. The maximum Gasteiger partial charge on any atom is 0.306 e.